The minimum absolute atomic E-state index is 0. The summed E-state index contributed by atoms with van der Waals surface area (Å²) in [6.07, 6.45) is 1.62. The number of benzene rings is 1. The van der Waals surface area contributed by atoms with Gasteiger partial charge in [-0.1, -0.05) is 11.2 Å². The van der Waals surface area contributed by atoms with E-state index in [1.54, 1.807) is 6.26 Å². The quantitative estimate of drug-likeness (QED) is 0.286. The van der Waals surface area contributed by atoms with Crippen LogP contribution in [0.2, 0.25) is 0 Å². The van der Waals surface area contributed by atoms with Gasteiger partial charge < -0.3 is 19.5 Å². The predicted molar refractivity (Wildman–Crippen MR) is 122 cm³/mol. The third-order valence-corrected chi connectivity index (χ3v) is 4.61. The number of nitrogens with zero attached hydrogens (tertiary/aromatic N) is 4. The monoisotopic (exact) mass is 499 g/mol. The summed E-state index contributed by atoms with van der Waals surface area (Å²) in [5.74, 6) is 1.85. The summed E-state index contributed by atoms with van der Waals surface area (Å²) in [7, 11) is 1.83. The minimum atomic E-state index is 0. The highest BCUT2D eigenvalue weighted by Crippen LogP contribution is 2.15. The van der Waals surface area contributed by atoms with Crippen LogP contribution in [0.25, 0.3) is 0 Å². The van der Waals surface area contributed by atoms with Gasteiger partial charge in [-0.05, 0) is 37.1 Å². The molecule has 0 amide bonds. The average molecular weight is 499 g/mol. The van der Waals surface area contributed by atoms with Gasteiger partial charge in [0.1, 0.15) is 18.6 Å². The van der Waals surface area contributed by atoms with Crippen molar-refractivity contribution in [2.24, 2.45) is 4.99 Å². The highest BCUT2D eigenvalue weighted by atomic mass is 127. The Morgan fingerprint density at radius 2 is 1.89 bits per heavy atom. The molecule has 1 aliphatic rings. The van der Waals surface area contributed by atoms with Crippen LogP contribution >= 0.6 is 24.0 Å². The van der Waals surface area contributed by atoms with Gasteiger partial charge in [-0.2, -0.15) is 0 Å². The molecule has 0 aliphatic carbocycles. The molecule has 3 rings (SSSR count). The number of rotatable bonds is 6. The van der Waals surface area contributed by atoms with Crippen LogP contribution in [-0.2, 0) is 6.54 Å². The van der Waals surface area contributed by atoms with E-state index in [9.17, 15) is 0 Å². The van der Waals surface area contributed by atoms with Gasteiger partial charge in [-0.3, -0.25) is 9.89 Å². The van der Waals surface area contributed by atoms with Gasteiger partial charge in [-0.25, -0.2) is 0 Å². The van der Waals surface area contributed by atoms with E-state index in [0.717, 1.165) is 56.7 Å². The Bertz CT molecular complexity index is 723. The summed E-state index contributed by atoms with van der Waals surface area (Å²) in [5, 5.41) is 7.39. The highest BCUT2D eigenvalue weighted by Gasteiger charge is 2.20. The second kappa shape index (κ2) is 11.3. The van der Waals surface area contributed by atoms with Gasteiger partial charge in [-0.15, -0.1) is 24.0 Å². The third-order valence-electron chi connectivity index (χ3n) is 4.61. The maximum absolute atomic E-state index is 5.87. The van der Waals surface area contributed by atoms with Crippen LogP contribution in [0.5, 0.6) is 5.75 Å². The molecule has 0 spiro atoms. The fraction of sp³-hybridized carbons (Fsp3) is 0.500. The average Bonchev–Trinajstić information content (AvgIpc) is 3.15. The van der Waals surface area contributed by atoms with Crippen molar-refractivity contribution in [1.82, 2.24) is 20.3 Å². The molecule has 154 valence electrons. The van der Waals surface area contributed by atoms with Crippen LogP contribution in [0.15, 0.2) is 40.0 Å². The normalized spacial score (nSPS) is 15.2. The van der Waals surface area contributed by atoms with Crippen molar-refractivity contribution in [3.05, 3.63) is 47.3 Å². The summed E-state index contributed by atoms with van der Waals surface area (Å²) in [4.78, 5) is 9.08. The number of ether oxygens (including phenoxy) is 1. The molecule has 2 heterocycles. The van der Waals surface area contributed by atoms with E-state index in [4.69, 9.17) is 9.26 Å². The minimum Gasteiger partial charge on any atom is -0.492 e. The second-order valence-corrected chi connectivity index (χ2v) is 6.90. The molecule has 0 radical (unpaired) electrons. The number of aliphatic imine (C=N–C) groups is 1. The molecule has 1 fully saturated rings. The molecule has 0 bridgehead atoms. The standard InChI is InChI=1S/C20H29N5O2.HI/c1-16-12-17(2)14-19(13-16)26-11-5-22-20(21-3)25-8-6-24(7-9-25)15-18-4-10-27-23-18;/h4,10,12-14H,5-9,11,15H2,1-3H3,(H,21,22);1H. The van der Waals surface area contributed by atoms with Crippen molar-refractivity contribution in [3.8, 4) is 5.75 Å². The highest BCUT2D eigenvalue weighted by molar-refractivity contribution is 14.0. The summed E-state index contributed by atoms with van der Waals surface area (Å²) in [5.41, 5.74) is 3.42. The topological polar surface area (TPSA) is 66.1 Å². The number of hydrogen-bond acceptors (Lipinski definition) is 5. The predicted octanol–water partition coefficient (Wildman–Crippen LogP) is 2.68. The van der Waals surface area contributed by atoms with E-state index in [-0.39, 0.29) is 24.0 Å². The SMILES string of the molecule is CN=C(NCCOc1cc(C)cc(C)c1)N1CCN(Cc2ccon2)CC1.I. The van der Waals surface area contributed by atoms with E-state index in [1.165, 1.54) is 11.1 Å². The Kier molecular flexibility index (Phi) is 9.04. The van der Waals surface area contributed by atoms with Crippen molar-refractivity contribution in [1.29, 1.82) is 0 Å². The number of halogens is 1. The molecule has 0 saturated carbocycles. The molecule has 1 aromatic heterocycles. The smallest absolute Gasteiger partial charge is 0.193 e. The first-order chi connectivity index (χ1) is 13.1. The molecule has 1 aliphatic heterocycles. The molecule has 7 nitrogen and oxygen atoms in total. The van der Waals surface area contributed by atoms with Gasteiger partial charge in [0.25, 0.3) is 0 Å². The van der Waals surface area contributed by atoms with E-state index in [2.05, 4.69) is 57.3 Å². The van der Waals surface area contributed by atoms with Gasteiger partial charge in [0.2, 0.25) is 0 Å². The number of aryl methyl sites for hydroxylation is 2. The number of aromatic nitrogens is 1. The Morgan fingerprint density at radius 1 is 1.18 bits per heavy atom. The van der Waals surface area contributed by atoms with E-state index >= 15 is 0 Å². The van der Waals surface area contributed by atoms with Crippen LogP contribution in [0, 0.1) is 13.8 Å². The Balaban J connectivity index is 0.00000280. The fourth-order valence-electron chi connectivity index (χ4n) is 3.35. The van der Waals surface area contributed by atoms with Gasteiger partial charge in [0.05, 0.1) is 12.2 Å². The van der Waals surface area contributed by atoms with Crippen LogP contribution in [-0.4, -0.2) is 67.3 Å². The molecule has 0 atom stereocenters. The summed E-state index contributed by atoms with van der Waals surface area (Å²) >= 11 is 0. The molecule has 8 heteroatoms. The van der Waals surface area contributed by atoms with Gasteiger partial charge in [0.15, 0.2) is 5.96 Å². The second-order valence-electron chi connectivity index (χ2n) is 6.90. The summed E-state index contributed by atoms with van der Waals surface area (Å²) < 4.78 is 10.8. The Labute approximate surface area is 184 Å². The van der Waals surface area contributed by atoms with E-state index < -0.39 is 0 Å². The van der Waals surface area contributed by atoms with Crippen LogP contribution < -0.4 is 10.1 Å². The third kappa shape index (κ3) is 6.66. The zero-order valence-electron chi connectivity index (χ0n) is 16.9. The zero-order valence-corrected chi connectivity index (χ0v) is 19.2. The maximum Gasteiger partial charge on any atom is 0.193 e. The Hall–Kier alpha value is -1.81. The molecule has 28 heavy (non-hydrogen) atoms. The first-order valence-electron chi connectivity index (χ1n) is 9.42. The van der Waals surface area contributed by atoms with Gasteiger partial charge >= 0.3 is 0 Å². The summed E-state index contributed by atoms with van der Waals surface area (Å²) in [6, 6.07) is 8.20. The molecule has 1 aromatic carbocycles. The van der Waals surface area contributed by atoms with Crippen LogP contribution in [0.1, 0.15) is 16.8 Å². The lowest BCUT2D eigenvalue weighted by atomic mass is 10.1. The van der Waals surface area contributed by atoms with E-state index in [0.29, 0.717) is 6.61 Å². The molecule has 1 N–H and O–H groups in total. The van der Waals surface area contributed by atoms with Crippen LogP contribution in [0.3, 0.4) is 0 Å². The lowest BCUT2D eigenvalue weighted by Crippen LogP contribution is -2.52. The molecular formula is C20H30IN5O2. The number of piperazine rings is 1. The first-order valence-corrected chi connectivity index (χ1v) is 9.42. The fourth-order valence-corrected chi connectivity index (χ4v) is 3.35. The van der Waals surface area contributed by atoms with Crippen molar-refractivity contribution >= 4 is 29.9 Å². The first kappa shape index (κ1) is 22.5. The van der Waals surface area contributed by atoms with Crippen molar-refractivity contribution < 1.29 is 9.26 Å². The Morgan fingerprint density at radius 3 is 2.50 bits per heavy atom. The number of hydrogen-bond donors (Lipinski definition) is 1. The molecule has 0 unspecified atom stereocenters. The number of guanidine groups is 1. The molecular weight excluding hydrogens is 469 g/mol. The van der Waals surface area contributed by atoms with Crippen molar-refractivity contribution in [3.63, 3.8) is 0 Å². The van der Waals surface area contributed by atoms with Crippen LogP contribution in [0.4, 0.5) is 0 Å². The maximum atomic E-state index is 5.87. The van der Waals surface area contributed by atoms with Gasteiger partial charge in [0, 0.05) is 45.8 Å². The van der Waals surface area contributed by atoms with Crippen molar-refractivity contribution in [2.75, 3.05) is 46.4 Å². The lowest BCUT2D eigenvalue weighted by Gasteiger charge is -2.36. The summed E-state index contributed by atoms with van der Waals surface area (Å²) in [6.45, 7) is 10.2. The largest absolute Gasteiger partial charge is 0.492 e. The molecule has 2 aromatic rings. The lowest BCUT2D eigenvalue weighted by molar-refractivity contribution is 0.168. The van der Waals surface area contributed by atoms with E-state index in [1.807, 2.05) is 13.1 Å². The number of nitrogens with one attached hydrogen (secondary N) is 1. The zero-order chi connectivity index (χ0) is 19.1. The molecule has 1 saturated heterocycles. The van der Waals surface area contributed by atoms with Crippen molar-refractivity contribution in [2.45, 2.75) is 20.4 Å².